The SMILES string of the molecule is Cc1ccc(CC(=O)Nc2cccc(C3NC(=O)N(C)C3=O)c2)cc1. The van der Waals surface area contributed by atoms with Crippen LogP contribution in [0.15, 0.2) is 48.5 Å². The van der Waals surface area contributed by atoms with E-state index in [2.05, 4.69) is 10.6 Å². The summed E-state index contributed by atoms with van der Waals surface area (Å²) in [6.45, 7) is 2.00. The van der Waals surface area contributed by atoms with Gasteiger partial charge in [-0.15, -0.1) is 0 Å². The van der Waals surface area contributed by atoms with Crippen LogP contribution in [0.25, 0.3) is 0 Å². The van der Waals surface area contributed by atoms with Crippen molar-refractivity contribution < 1.29 is 14.4 Å². The summed E-state index contributed by atoms with van der Waals surface area (Å²) in [7, 11) is 1.44. The molecule has 1 saturated heterocycles. The van der Waals surface area contributed by atoms with Gasteiger partial charge in [-0.2, -0.15) is 0 Å². The first-order valence-electron chi connectivity index (χ1n) is 7.97. The number of urea groups is 1. The van der Waals surface area contributed by atoms with E-state index in [1.54, 1.807) is 24.3 Å². The van der Waals surface area contributed by atoms with Crippen LogP contribution in [0.3, 0.4) is 0 Å². The van der Waals surface area contributed by atoms with Gasteiger partial charge in [0.15, 0.2) is 0 Å². The van der Waals surface area contributed by atoms with Gasteiger partial charge in [0.05, 0.1) is 6.42 Å². The molecule has 6 nitrogen and oxygen atoms in total. The lowest BCUT2D eigenvalue weighted by Crippen LogP contribution is -2.25. The molecule has 1 atom stereocenters. The van der Waals surface area contributed by atoms with Crippen LogP contribution in [-0.4, -0.2) is 29.8 Å². The highest BCUT2D eigenvalue weighted by Gasteiger charge is 2.36. The molecule has 0 radical (unpaired) electrons. The fraction of sp³-hybridized carbons (Fsp3) is 0.211. The summed E-state index contributed by atoms with van der Waals surface area (Å²) in [5.74, 6) is -0.451. The molecule has 1 unspecified atom stereocenters. The van der Waals surface area contributed by atoms with Crippen LogP contribution in [0, 0.1) is 6.92 Å². The predicted molar refractivity (Wildman–Crippen MR) is 94.0 cm³/mol. The number of likely N-dealkylation sites (N-methyl/N-ethyl adjacent to an activating group) is 1. The maximum Gasteiger partial charge on any atom is 0.324 e. The second kappa shape index (κ2) is 6.76. The number of carbonyl (C=O) groups is 3. The maximum atomic E-state index is 12.2. The molecular formula is C19H19N3O3. The highest BCUT2D eigenvalue weighted by molar-refractivity contribution is 6.04. The topological polar surface area (TPSA) is 78.5 Å². The van der Waals surface area contributed by atoms with Crippen LogP contribution in [0.4, 0.5) is 10.5 Å². The molecule has 1 heterocycles. The van der Waals surface area contributed by atoms with Gasteiger partial charge in [0.1, 0.15) is 6.04 Å². The number of aryl methyl sites for hydroxylation is 1. The van der Waals surface area contributed by atoms with Gasteiger partial charge in [0, 0.05) is 12.7 Å². The van der Waals surface area contributed by atoms with Crippen molar-refractivity contribution >= 4 is 23.5 Å². The third kappa shape index (κ3) is 3.68. The van der Waals surface area contributed by atoms with E-state index in [1.165, 1.54) is 7.05 Å². The standard InChI is InChI=1S/C19H19N3O3/c1-12-6-8-13(9-7-12)10-16(23)20-15-5-3-4-14(11-15)17-18(24)22(2)19(25)21-17/h3-9,11,17H,10H2,1-2H3,(H,20,23)(H,21,25). The molecule has 1 aliphatic heterocycles. The van der Waals surface area contributed by atoms with Gasteiger partial charge in [0.25, 0.3) is 5.91 Å². The van der Waals surface area contributed by atoms with Gasteiger partial charge >= 0.3 is 6.03 Å². The molecule has 128 valence electrons. The third-order valence-corrected chi connectivity index (χ3v) is 4.14. The van der Waals surface area contributed by atoms with Gasteiger partial charge in [-0.1, -0.05) is 42.0 Å². The van der Waals surface area contributed by atoms with Crippen molar-refractivity contribution in [2.45, 2.75) is 19.4 Å². The van der Waals surface area contributed by atoms with Crippen LogP contribution in [0.5, 0.6) is 0 Å². The molecule has 0 bridgehead atoms. The van der Waals surface area contributed by atoms with Gasteiger partial charge < -0.3 is 10.6 Å². The van der Waals surface area contributed by atoms with Gasteiger partial charge in [-0.3, -0.25) is 14.5 Å². The molecule has 2 N–H and O–H groups in total. The number of nitrogens with one attached hydrogen (secondary N) is 2. The van der Waals surface area contributed by atoms with E-state index in [9.17, 15) is 14.4 Å². The van der Waals surface area contributed by atoms with Crippen molar-refractivity contribution in [1.29, 1.82) is 0 Å². The summed E-state index contributed by atoms with van der Waals surface area (Å²) in [6.07, 6.45) is 0.270. The largest absolute Gasteiger partial charge is 0.326 e. The smallest absolute Gasteiger partial charge is 0.324 e. The van der Waals surface area contributed by atoms with Crippen molar-refractivity contribution in [2.24, 2.45) is 0 Å². The highest BCUT2D eigenvalue weighted by atomic mass is 16.2. The van der Waals surface area contributed by atoms with E-state index in [4.69, 9.17) is 0 Å². The Morgan fingerprint density at radius 1 is 1.16 bits per heavy atom. The monoisotopic (exact) mass is 337 g/mol. The molecule has 2 aromatic rings. The first kappa shape index (κ1) is 16.7. The van der Waals surface area contributed by atoms with E-state index in [0.29, 0.717) is 11.3 Å². The average molecular weight is 337 g/mol. The third-order valence-electron chi connectivity index (χ3n) is 4.14. The number of amides is 4. The van der Waals surface area contributed by atoms with E-state index >= 15 is 0 Å². The minimum atomic E-state index is -0.716. The quantitative estimate of drug-likeness (QED) is 0.841. The summed E-state index contributed by atoms with van der Waals surface area (Å²) in [5.41, 5.74) is 3.30. The summed E-state index contributed by atoms with van der Waals surface area (Å²) >= 11 is 0. The fourth-order valence-electron chi connectivity index (χ4n) is 2.69. The fourth-order valence-corrected chi connectivity index (χ4v) is 2.69. The minimum absolute atomic E-state index is 0.139. The van der Waals surface area contributed by atoms with Crippen molar-refractivity contribution in [3.05, 3.63) is 65.2 Å². The number of rotatable bonds is 4. The maximum absolute atomic E-state index is 12.2. The number of hydrogen-bond acceptors (Lipinski definition) is 3. The minimum Gasteiger partial charge on any atom is -0.326 e. The summed E-state index contributed by atoms with van der Waals surface area (Å²) < 4.78 is 0. The molecule has 25 heavy (non-hydrogen) atoms. The molecule has 0 saturated carbocycles. The Bertz CT molecular complexity index is 830. The Morgan fingerprint density at radius 2 is 1.88 bits per heavy atom. The number of hydrogen-bond donors (Lipinski definition) is 2. The zero-order chi connectivity index (χ0) is 18.0. The molecule has 3 rings (SSSR count). The average Bonchev–Trinajstić information content (AvgIpc) is 2.85. The van der Waals surface area contributed by atoms with E-state index in [1.807, 2.05) is 31.2 Å². The molecular weight excluding hydrogens is 318 g/mol. The van der Waals surface area contributed by atoms with Gasteiger partial charge in [0.2, 0.25) is 5.91 Å². The normalized spacial score (nSPS) is 16.7. The number of nitrogens with zero attached hydrogens (tertiary/aromatic N) is 1. The highest BCUT2D eigenvalue weighted by Crippen LogP contribution is 2.23. The lowest BCUT2D eigenvalue weighted by molar-refractivity contribution is -0.126. The number of anilines is 1. The summed E-state index contributed by atoms with van der Waals surface area (Å²) in [4.78, 5) is 36.9. The molecule has 6 heteroatoms. The Balaban J connectivity index is 1.69. The van der Waals surface area contributed by atoms with Crippen LogP contribution in [0.2, 0.25) is 0 Å². The number of benzene rings is 2. The van der Waals surface area contributed by atoms with Crippen molar-refractivity contribution in [2.75, 3.05) is 12.4 Å². The van der Waals surface area contributed by atoms with Crippen molar-refractivity contribution in [1.82, 2.24) is 10.2 Å². The summed E-state index contributed by atoms with van der Waals surface area (Å²) in [6, 6.07) is 13.6. The zero-order valence-corrected chi connectivity index (χ0v) is 14.1. The van der Waals surface area contributed by atoms with Crippen molar-refractivity contribution in [3.63, 3.8) is 0 Å². The Morgan fingerprint density at radius 3 is 2.52 bits per heavy atom. The van der Waals surface area contributed by atoms with Gasteiger partial charge in [-0.05, 0) is 30.2 Å². The molecule has 0 spiro atoms. The molecule has 2 aromatic carbocycles. The Hall–Kier alpha value is -3.15. The second-order valence-electron chi connectivity index (χ2n) is 6.12. The number of imide groups is 1. The predicted octanol–water partition coefficient (Wildman–Crippen LogP) is 2.40. The van der Waals surface area contributed by atoms with Crippen LogP contribution in [0.1, 0.15) is 22.7 Å². The van der Waals surface area contributed by atoms with E-state index in [-0.39, 0.29) is 18.2 Å². The molecule has 0 aromatic heterocycles. The van der Waals surface area contributed by atoms with E-state index < -0.39 is 12.1 Å². The lowest BCUT2D eigenvalue weighted by atomic mass is 10.1. The van der Waals surface area contributed by atoms with E-state index in [0.717, 1.165) is 16.0 Å². The van der Waals surface area contributed by atoms with Crippen LogP contribution in [-0.2, 0) is 16.0 Å². The number of carbonyl (C=O) groups excluding carboxylic acids is 3. The first-order chi connectivity index (χ1) is 11.9. The summed E-state index contributed by atoms with van der Waals surface area (Å²) in [5, 5.41) is 5.45. The van der Waals surface area contributed by atoms with Crippen LogP contribution < -0.4 is 10.6 Å². The molecule has 1 fully saturated rings. The van der Waals surface area contributed by atoms with Crippen LogP contribution >= 0.6 is 0 Å². The zero-order valence-electron chi connectivity index (χ0n) is 14.1. The Kier molecular flexibility index (Phi) is 4.52. The van der Waals surface area contributed by atoms with Gasteiger partial charge in [-0.25, -0.2) is 4.79 Å². The Labute approximate surface area is 145 Å². The first-order valence-corrected chi connectivity index (χ1v) is 7.97. The molecule has 1 aliphatic rings. The molecule has 4 amide bonds. The molecule has 0 aliphatic carbocycles. The van der Waals surface area contributed by atoms with Crippen molar-refractivity contribution in [3.8, 4) is 0 Å². The lowest BCUT2D eigenvalue weighted by Gasteiger charge is -2.11. The second-order valence-corrected chi connectivity index (χ2v) is 6.12.